The van der Waals surface area contributed by atoms with Gasteiger partial charge in [-0.3, -0.25) is 9.59 Å². The number of hydrogen-bond donors (Lipinski definition) is 2. The molecule has 1 rings (SSSR count). The average molecular weight is 313 g/mol. The molecule has 0 spiro atoms. The van der Waals surface area contributed by atoms with E-state index in [1.807, 2.05) is 20.8 Å². The van der Waals surface area contributed by atoms with Crippen LogP contribution in [0.15, 0.2) is 18.2 Å². The SMILES string of the molecule is COCCNC(=O)c1ccc(NC(=O)C(C)(C)C)cc1Cl. The number of nitrogens with one attached hydrogen (secondary N) is 2. The van der Waals surface area contributed by atoms with E-state index in [4.69, 9.17) is 16.3 Å². The fourth-order valence-corrected chi connectivity index (χ4v) is 1.72. The summed E-state index contributed by atoms with van der Waals surface area (Å²) in [5, 5.41) is 5.74. The molecule has 0 aromatic heterocycles. The van der Waals surface area contributed by atoms with Crippen molar-refractivity contribution < 1.29 is 14.3 Å². The molecule has 21 heavy (non-hydrogen) atoms. The smallest absolute Gasteiger partial charge is 0.252 e. The number of ether oxygens (including phenoxy) is 1. The summed E-state index contributed by atoms with van der Waals surface area (Å²) >= 11 is 6.09. The molecule has 0 aliphatic heterocycles. The van der Waals surface area contributed by atoms with E-state index in [0.29, 0.717) is 24.4 Å². The summed E-state index contributed by atoms with van der Waals surface area (Å²) in [7, 11) is 1.56. The topological polar surface area (TPSA) is 67.4 Å². The number of methoxy groups -OCH3 is 1. The zero-order valence-corrected chi connectivity index (χ0v) is 13.5. The highest BCUT2D eigenvalue weighted by molar-refractivity contribution is 6.34. The standard InChI is InChI=1S/C15H21ClN2O3/c1-15(2,3)14(20)18-10-5-6-11(12(16)9-10)13(19)17-7-8-21-4/h5-6,9H,7-8H2,1-4H3,(H,17,19)(H,18,20). The Balaban J connectivity index is 2.76. The van der Waals surface area contributed by atoms with E-state index in [9.17, 15) is 9.59 Å². The van der Waals surface area contributed by atoms with Crippen LogP contribution in [0, 0.1) is 5.41 Å². The first kappa shape index (κ1) is 17.5. The molecule has 5 nitrogen and oxygen atoms in total. The number of benzene rings is 1. The molecule has 0 bridgehead atoms. The number of amides is 2. The number of hydrogen-bond acceptors (Lipinski definition) is 3. The molecule has 1 aromatic carbocycles. The van der Waals surface area contributed by atoms with Crippen LogP contribution in [-0.2, 0) is 9.53 Å². The first-order chi connectivity index (χ1) is 9.75. The predicted molar refractivity (Wildman–Crippen MR) is 83.7 cm³/mol. The second kappa shape index (κ2) is 7.43. The Hall–Kier alpha value is -1.59. The van der Waals surface area contributed by atoms with Gasteiger partial charge in [0.25, 0.3) is 5.91 Å². The second-order valence-corrected chi connectivity index (χ2v) is 6.05. The summed E-state index contributed by atoms with van der Waals surface area (Å²) < 4.78 is 4.86. The third-order valence-electron chi connectivity index (χ3n) is 2.74. The van der Waals surface area contributed by atoms with Gasteiger partial charge in [0.15, 0.2) is 0 Å². The highest BCUT2D eigenvalue weighted by atomic mass is 35.5. The van der Waals surface area contributed by atoms with Gasteiger partial charge in [-0.2, -0.15) is 0 Å². The lowest BCUT2D eigenvalue weighted by Crippen LogP contribution is -2.28. The number of anilines is 1. The Labute approximate surface area is 130 Å². The van der Waals surface area contributed by atoms with Crippen LogP contribution in [-0.4, -0.2) is 32.1 Å². The summed E-state index contributed by atoms with van der Waals surface area (Å²) in [6.07, 6.45) is 0. The number of carbonyl (C=O) groups excluding carboxylic acids is 2. The Kier molecular flexibility index (Phi) is 6.18. The van der Waals surface area contributed by atoms with Crippen LogP contribution < -0.4 is 10.6 Å². The molecule has 0 atom stereocenters. The van der Waals surface area contributed by atoms with Crippen molar-refractivity contribution >= 4 is 29.1 Å². The second-order valence-electron chi connectivity index (χ2n) is 5.65. The number of rotatable bonds is 5. The molecule has 2 N–H and O–H groups in total. The van der Waals surface area contributed by atoms with Gasteiger partial charge in [-0.1, -0.05) is 32.4 Å². The van der Waals surface area contributed by atoms with Crippen LogP contribution in [0.4, 0.5) is 5.69 Å². The van der Waals surface area contributed by atoms with E-state index < -0.39 is 5.41 Å². The lowest BCUT2D eigenvalue weighted by atomic mass is 9.95. The minimum atomic E-state index is -0.497. The monoisotopic (exact) mass is 312 g/mol. The van der Waals surface area contributed by atoms with Gasteiger partial charge in [-0.15, -0.1) is 0 Å². The van der Waals surface area contributed by atoms with E-state index in [1.54, 1.807) is 25.3 Å². The van der Waals surface area contributed by atoms with E-state index in [1.165, 1.54) is 0 Å². The maximum atomic E-state index is 11.9. The van der Waals surface area contributed by atoms with Crippen molar-refractivity contribution in [2.24, 2.45) is 5.41 Å². The minimum Gasteiger partial charge on any atom is -0.383 e. The maximum Gasteiger partial charge on any atom is 0.252 e. The molecule has 0 saturated heterocycles. The van der Waals surface area contributed by atoms with Crippen LogP contribution in [0.1, 0.15) is 31.1 Å². The lowest BCUT2D eigenvalue weighted by molar-refractivity contribution is -0.123. The fourth-order valence-electron chi connectivity index (χ4n) is 1.46. The van der Waals surface area contributed by atoms with Crippen LogP contribution in [0.25, 0.3) is 0 Å². The van der Waals surface area contributed by atoms with Crippen LogP contribution >= 0.6 is 11.6 Å². The molecular formula is C15H21ClN2O3. The number of halogens is 1. The largest absolute Gasteiger partial charge is 0.383 e. The summed E-state index contributed by atoms with van der Waals surface area (Å²) in [5.41, 5.74) is 0.428. The minimum absolute atomic E-state index is 0.115. The third kappa shape index (κ3) is 5.36. The van der Waals surface area contributed by atoms with Gasteiger partial charge in [0.2, 0.25) is 5.91 Å². The van der Waals surface area contributed by atoms with E-state index in [2.05, 4.69) is 10.6 Å². The van der Waals surface area contributed by atoms with Crippen molar-refractivity contribution in [2.45, 2.75) is 20.8 Å². The molecule has 1 aromatic rings. The molecule has 0 saturated carbocycles. The molecule has 116 valence electrons. The zero-order chi connectivity index (χ0) is 16.0. The van der Waals surface area contributed by atoms with Crippen LogP contribution in [0.3, 0.4) is 0 Å². The van der Waals surface area contributed by atoms with Crippen LogP contribution in [0.5, 0.6) is 0 Å². The van der Waals surface area contributed by atoms with Gasteiger partial charge in [0.05, 0.1) is 17.2 Å². The van der Waals surface area contributed by atoms with Crippen LogP contribution in [0.2, 0.25) is 5.02 Å². The highest BCUT2D eigenvalue weighted by Crippen LogP contribution is 2.23. The third-order valence-corrected chi connectivity index (χ3v) is 3.06. The molecule has 0 radical (unpaired) electrons. The fraction of sp³-hybridized carbons (Fsp3) is 0.467. The molecule has 2 amide bonds. The van der Waals surface area contributed by atoms with Gasteiger partial charge in [0, 0.05) is 24.8 Å². The van der Waals surface area contributed by atoms with Gasteiger partial charge in [-0.05, 0) is 18.2 Å². The molecule has 0 fully saturated rings. The van der Waals surface area contributed by atoms with Crippen molar-refractivity contribution in [2.75, 3.05) is 25.6 Å². The Morgan fingerprint density at radius 2 is 1.95 bits per heavy atom. The first-order valence-corrected chi connectivity index (χ1v) is 7.01. The molecule has 6 heteroatoms. The predicted octanol–water partition coefficient (Wildman–Crippen LogP) is 2.70. The van der Waals surface area contributed by atoms with Gasteiger partial charge >= 0.3 is 0 Å². The first-order valence-electron chi connectivity index (χ1n) is 6.64. The summed E-state index contributed by atoms with van der Waals surface area (Å²) in [6, 6.07) is 4.81. The summed E-state index contributed by atoms with van der Waals surface area (Å²) in [6.45, 7) is 6.31. The maximum absolute atomic E-state index is 11.9. The van der Waals surface area contributed by atoms with Crippen molar-refractivity contribution in [3.05, 3.63) is 28.8 Å². The lowest BCUT2D eigenvalue weighted by Gasteiger charge is -2.18. The van der Waals surface area contributed by atoms with Gasteiger partial charge in [0.1, 0.15) is 0 Å². The summed E-state index contributed by atoms with van der Waals surface area (Å²) in [5.74, 6) is -0.387. The Morgan fingerprint density at radius 1 is 1.29 bits per heavy atom. The van der Waals surface area contributed by atoms with E-state index in [-0.39, 0.29) is 16.8 Å². The Bertz CT molecular complexity index is 524. The molecule has 0 aliphatic carbocycles. The van der Waals surface area contributed by atoms with Crippen molar-refractivity contribution in [3.8, 4) is 0 Å². The van der Waals surface area contributed by atoms with E-state index >= 15 is 0 Å². The molecular weight excluding hydrogens is 292 g/mol. The van der Waals surface area contributed by atoms with Crippen molar-refractivity contribution in [1.29, 1.82) is 0 Å². The quantitative estimate of drug-likeness (QED) is 0.821. The molecule has 0 aliphatic rings. The van der Waals surface area contributed by atoms with Crippen molar-refractivity contribution in [1.82, 2.24) is 5.32 Å². The number of carbonyl (C=O) groups is 2. The Morgan fingerprint density at radius 3 is 2.48 bits per heavy atom. The average Bonchev–Trinajstić information content (AvgIpc) is 2.37. The van der Waals surface area contributed by atoms with Gasteiger partial charge < -0.3 is 15.4 Å². The van der Waals surface area contributed by atoms with Gasteiger partial charge in [-0.25, -0.2) is 0 Å². The van der Waals surface area contributed by atoms with Crippen molar-refractivity contribution in [3.63, 3.8) is 0 Å². The zero-order valence-electron chi connectivity index (χ0n) is 12.7. The van der Waals surface area contributed by atoms with E-state index in [0.717, 1.165) is 0 Å². The molecule has 0 heterocycles. The summed E-state index contributed by atoms with van der Waals surface area (Å²) in [4.78, 5) is 23.8. The molecule has 0 unspecified atom stereocenters. The normalized spacial score (nSPS) is 11.1. The highest BCUT2D eigenvalue weighted by Gasteiger charge is 2.21.